The summed E-state index contributed by atoms with van der Waals surface area (Å²) in [7, 11) is 1.88. The summed E-state index contributed by atoms with van der Waals surface area (Å²) in [4.78, 5) is 14.6. The second kappa shape index (κ2) is 7.05. The predicted octanol–water partition coefficient (Wildman–Crippen LogP) is 2.14. The van der Waals surface area contributed by atoms with Crippen LogP contribution < -0.4 is 5.32 Å². The molecule has 1 heterocycles. The molecule has 1 aliphatic rings. The van der Waals surface area contributed by atoms with Crippen LogP contribution in [0.25, 0.3) is 0 Å². The number of nitrogens with one attached hydrogen (secondary N) is 1. The van der Waals surface area contributed by atoms with Crippen LogP contribution in [-0.4, -0.2) is 43.6 Å². The molecule has 116 valence electrons. The largest absolute Gasteiger partial charge is 0.370 e. The molecule has 4 heteroatoms. The van der Waals surface area contributed by atoms with Crippen molar-refractivity contribution in [3.8, 4) is 0 Å². The van der Waals surface area contributed by atoms with Crippen LogP contribution in [0.3, 0.4) is 0 Å². The Morgan fingerprint density at radius 3 is 2.86 bits per heavy atom. The van der Waals surface area contributed by atoms with E-state index in [1.54, 1.807) is 0 Å². The van der Waals surface area contributed by atoms with Gasteiger partial charge in [0.25, 0.3) is 0 Å². The minimum Gasteiger partial charge on any atom is -0.370 e. The third kappa shape index (κ3) is 3.63. The number of ether oxygens (including phenoxy) is 1. The van der Waals surface area contributed by atoms with Crippen molar-refractivity contribution in [2.75, 3.05) is 26.7 Å². The van der Waals surface area contributed by atoms with Crippen LogP contribution in [0.2, 0.25) is 0 Å². The fourth-order valence-corrected chi connectivity index (χ4v) is 2.88. The molecule has 0 radical (unpaired) electrons. The molecule has 1 N–H and O–H groups in total. The molecule has 0 spiro atoms. The number of carbonyl (C=O) groups excluding carboxylic acids is 1. The fraction of sp³-hybridized carbons (Fsp3) is 0.588. The molecular formula is C17H26N2O2. The summed E-state index contributed by atoms with van der Waals surface area (Å²) in [5.41, 5.74) is 2.40. The normalized spacial score (nSPS) is 23.9. The molecule has 4 nitrogen and oxygen atoms in total. The first-order chi connectivity index (χ1) is 10.0. The van der Waals surface area contributed by atoms with E-state index in [1.165, 1.54) is 11.1 Å². The summed E-state index contributed by atoms with van der Waals surface area (Å²) in [6.45, 7) is 8.06. The Kier molecular flexibility index (Phi) is 5.37. The third-order valence-corrected chi connectivity index (χ3v) is 4.18. The van der Waals surface area contributed by atoms with Crippen molar-refractivity contribution in [2.45, 2.75) is 32.9 Å². The van der Waals surface area contributed by atoms with Gasteiger partial charge < -0.3 is 15.0 Å². The second-order valence-electron chi connectivity index (χ2n) is 5.98. The monoisotopic (exact) mass is 290 g/mol. The van der Waals surface area contributed by atoms with Crippen LogP contribution in [-0.2, 0) is 9.53 Å². The van der Waals surface area contributed by atoms with E-state index in [4.69, 9.17) is 4.74 Å². The van der Waals surface area contributed by atoms with Crippen molar-refractivity contribution in [1.82, 2.24) is 10.2 Å². The molecule has 0 saturated carbocycles. The maximum Gasteiger partial charge on any atom is 0.227 e. The highest BCUT2D eigenvalue weighted by molar-refractivity contribution is 5.79. The smallest absolute Gasteiger partial charge is 0.227 e. The maximum absolute atomic E-state index is 12.6. The molecule has 2 rings (SSSR count). The standard InChI is InChI=1S/C17H26N2O2/c1-12-7-5-6-8-15(12)16-10-19(14(3)11-21-16)17(20)13(2)9-18-4/h5-8,13-14,16,18H,9-11H2,1-4H3/t13-,14-,16+/m0/s1. The Balaban J connectivity index is 2.12. The van der Waals surface area contributed by atoms with Gasteiger partial charge in [-0.3, -0.25) is 4.79 Å². The van der Waals surface area contributed by atoms with Crippen molar-refractivity contribution in [3.05, 3.63) is 35.4 Å². The highest BCUT2D eigenvalue weighted by Crippen LogP contribution is 2.27. The summed E-state index contributed by atoms with van der Waals surface area (Å²) in [5.74, 6) is 0.201. The van der Waals surface area contributed by atoms with Crippen LogP contribution in [0.5, 0.6) is 0 Å². The van der Waals surface area contributed by atoms with Gasteiger partial charge in [0.15, 0.2) is 0 Å². The summed E-state index contributed by atoms with van der Waals surface area (Å²) in [6, 6.07) is 8.38. The molecule has 3 atom stereocenters. The maximum atomic E-state index is 12.6. The van der Waals surface area contributed by atoms with Gasteiger partial charge in [0.1, 0.15) is 6.10 Å². The van der Waals surface area contributed by atoms with Gasteiger partial charge in [0.05, 0.1) is 19.2 Å². The average molecular weight is 290 g/mol. The second-order valence-corrected chi connectivity index (χ2v) is 5.98. The summed E-state index contributed by atoms with van der Waals surface area (Å²) >= 11 is 0. The van der Waals surface area contributed by atoms with E-state index >= 15 is 0 Å². The number of rotatable bonds is 4. The van der Waals surface area contributed by atoms with Gasteiger partial charge in [-0.1, -0.05) is 31.2 Å². The molecule has 1 aliphatic heterocycles. The van der Waals surface area contributed by atoms with Crippen molar-refractivity contribution in [1.29, 1.82) is 0 Å². The average Bonchev–Trinajstić information content (AvgIpc) is 2.48. The SMILES string of the molecule is CNC[C@H](C)C(=O)N1C[C@H](c2ccccc2C)OC[C@@H]1C. The van der Waals surface area contributed by atoms with E-state index in [2.05, 4.69) is 31.3 Å². The van der Waals surface area contributed by atoms with E-state index in [-0.39, 0.29) is 24.0 Å². The zero-order chi connectivity index (χ0) is 15.4. The minimum atomic E-state index is -0.0202. The molecule has 1 fully saturated rings. The van der Waals surface area contributed by atoms with E-state index in [0.717, 1.165) is 0 Å². The number of amides is 1. The number of nitrogens with zero attached hydrogens (tertiary/aromatic N) is 1. The Bertz CT molecular complexity index is 489. The lowest BCUT2D eigenvalue weighted by molar-refractivity contribution is -0.148. The number of hydrogen-bond donors (Lipinski definition) is 1. The molecular weight excluding hydrogens is 264 g/mol. The Morgan fingerprint density at radius 1 is 1.48 bits per heavy atom. The minimum absolute atomic E-state index is 0.00642. The van der Waals surface area contributed by atoms with Gasteiger partial charge in [-0.05, 0) is 32.0 Å². The number of hydrogen-bond acceptors (Lipinski definition) is 3. The number of morpholine rings is 1. The number of benzene rings is 1. The highest BCUT2D eigenvalue weighted by Gasteiger charge is 2.32. The molecule has 21 heavy (non-hydrogen) atoms. The van der Waals surface area contributed by atoms with Crippen LogP contribution in [0.4, 0.5) is 0 Å². The Hall–Kier alpha value is -1.39. The van der Waals surface area contributed by atoms with Crippen molar-refractivity contribution < 1.29 is 9.53 Å². The first-order valence-corrected chi connectivity index (χ1v) is 7.66. The Morgan fingerprint density at radius 2 is 2.19 bits per heavy atom. The lowest BCUT2D eigenvalue weighted by atomic mass is 10.00. The molecule has 0 aromatic heterocycles. The van der Waals surface area contributed by atoms with Gasteiger partial charge in [0, 0.05) is 12.5 Å². The van der Waals surface area contributed by atoms with Crippen LogP contribution >= 0.6 is 0 Å². The van der Waals surface area contributed by atoms with E-state index < -0.39 is 0 Å². The lowest BCUT2D eigenvalue weighted by Crippen LogP contribution is -2.51. The van der Waals surface area contributed by atoms with Gasteiger partial charge in [-0.25, -0.2) is 0 Å². The zero-order valence-electron chi connectivity index (χ0n) is 13.4. The first-order valence-electron chi connectivity index (χ1n) is 7.66. The van der Waals surface area contributed by atoms with E-state index in [9.17, 15) is 4.79 Å². The van der Waals surface area contributed by atoms with E-state index in [0.29, 0.717) is 19.7 Å². The van der Waals surface area contributed by atoms with Crippen LogP contribution in [0, 0.1) is 12.8 Å². The summed E-state index contributed by atoms with van der Waals surface area (Å²) in [5, 5.41) is 3.08. The Labute approximate surface area is 127 Å². The van der Waals surface area contributed by atoms with Crippen molar-refractivity contribution in [2.24, 2.45) is 5.92 Å². The quantitative estimate of drug-likeness (QED) is 0.924. The van der Waals surface area contributed by atoms with Crippen molar-refractivity contribution >= 4 is 5.91 Å². The fourth-order valence-electron chi connectivity index (χ4n) is 2.88. The highest BCUT2D eigenvalue weighted by atomic mass is 16.5. The predicted molar refractivity (Wildman–Crippen MR) is 84.1 cm³/mol. The van der Waals surface area contributed by atoms with Gasteiger partial charge >= 0.3 is 0 Å². The molecule has 1 aromatic carbocycles. The summed E-state index contributed by atoms with van der Waals surface area (Å²) < 4.78 is 5.97. The molecule has 1 aromatic rings. The van der Waals surface area contributed by atoms with Crippen LogP contribution in [0.15, 0.2) is 24.3 Å². The lowest BCUT2D eigenvalue weighted by Gasteiger charge is -2.39. The zero-order valence-corrected chi connectivity index (χ0v) is 13.4. The van der Waals surface area contributed by atoms with Gasteiger partial charge in [-0.2, -0.15) is 0 Å². The molecule has 1 amide bonds. The van der Waals surface area contributed by atoms with Gasteiger partial charge in [0.2, 0.25) is 5.91 Å². The van der Waals surface area contributed by atoms with Crippen LogP contribution in [0.1, 0.15) is 31.1 Å². The van der Waals surface area contributed by atoms with Gasteiger partial charge in [-0.15, -0.1) is 0 Å². The molecule has 0 unspecified atom stereocenters. The molecule has 0 bridgehead atoms. The first kappa shape index (κ1) is 16.0. The number of carbonyl (C=O) groups is 1. The molecule has 1 saturated heterocycles. The van der Waals surface area contributed by atoms with Crippen molar-refractivity contribution in [3.63, 3.8) is 0 Å². The topological polar surface area (TPSA) is 41.6 Å². The number of aryl methyl sites for hydroxylation is 1. The molecule has 0 aliphatic carbocycles. The van der Waals surface area contributed by atoms with E-state index in [1.807, 2.05) is 31.0 Å². The summed E-state index contributed by atoms with van der Waals surface area (Å²) in [6.07, 6.45) is -0.0202. The third-order valence-electron chi connectivity index (χ3n) is 4.18.